The van der Waals surface area contributed by atoms with Crippen LogP contribution in [0.1, 0.15) is 6.92 Å². The Kier molecular flexibility index (Phi) is 4.29. The van der Waals surface area contributed by atoms with Crippen molar-refractivity contribution in [2.24, 2.45) is 11.8 Å². The Morgan fingerprint density at radius 3 is 2.60 bits per heavy atom. The van der Waals surface area contributed by atoms with E-state index >= 15 is 0 Å². The van der Waals surface area contributed by atoms with Gasteiger partial charge in [0.15, 0.2) is 0 Å². The van der Waals surface area contributed by atoms with E-state index in [9.17, 15) is 13.2 Å². The number of anilines is 2. The summed E-state index contributed by atoms with van der Waals surface area (Å²) in [6, 6.07) is 6.67. The summed E-state index contributed by atoms with van der Waals surface area (Å²) in [6.45, 7) is 3.55. The van der Waals surface area contributed by atoms with E-state index in [2.05, 4.69) is 15.4 Å². The van der Waals surface area contributed by atoms with Crippen molar-refractivity contribution in [3.8, 4) is 0 Å². The topological polar surface area (TPSA) is 87.3 Å². The quantitative estimate of drug-likeness (QED) is 0.769. The molecular weight excluding hydrogens is 278 g/mol. The normalized spacial score (nSPS) is 22.5. The van der Waals surface area contributed by atoms with E-state index in [-0.39, 0.29) is 11.8 Å². The Morgan fingerprint density at radius 2 is 2.00 bits per heavy atom. The van der Waals surface area contributed by atoms with Gasteiger partial charge < -0.3 is 10.6 Å². The highest BCUT2D eigenvalue weighted by atomic mass is 32.2. The second kappa shape index (κ2) is 5.80. The van der Waals surface area contributed by atoms with Crippen molar-refractivity contribution in [3.63, 3.8) is 0 Å². The number of carbonyl (C=O) groups excluding carboxylic acids is 1. The molecule has 0 spiro atoms. The maximum absolute atomic E-state index is 12.1. The van der Waals surface area contributed by atoms with Gasteiger partial charge in [0.2, 0.25) is 15.9 Å². The van der Waals surface area contributed by atoms with Gasteiger partial charge in [0, 0.05) is 12.2 Å². The van der Waals surface area contributed by atoms with Crippen LogP contribution in [0.2, 0.25) is 0 Å². The lowest BCUT2D eigenvalue weighted by molar-refractivity contribution is -0.120. The summed E-state index contributed by atoms with van der Waals surface area (Å²) >= 11 is 0. The summed E-state index contributed by atoms with van der Waals surface area (Å²) in [5.74, 6) is 0.202. The van der Waals surface area contributed by atoms with Crippen molar-refractivity contribution in [2.75, 3.05) is 29.4 Å². The molecule has 0 radical (unpaired) electrons. The molecule has 2 unspecified atom stereocenters. The second-order valence-corrected chi connectivity index (χ2v) is 6.93. The Bertz CT molecular complexity index is 601. The van der Waals surface area contributed by atoms with Crippen molar-refractivity contribution < 1.29 is 13.2 Å². The van der Waals surface area contributed by atoms with Crippen molar-refractivity contribution in [2.45, 2.75) is 6.92 Å². The van der Waals surface area contributed by atoms with E-state index in [1.807, 2.05) is 6.92 Å². The molecule has 6 nitrogen and oxygen atoms in total. The first-order valence-electron chi connectivity index (χ1n) is 6.44. The SMILES string of the molecule is CC1CNCC1C(=O)Nc1cccc(NS(C)(=O)=O)c1. The van der Waals surface area contributed by atoms with E-state index in [1.54, 1.807) is 24.3 Å². The highest BCUT2D eigenvalue weighted by molar-refractivity contribution is 7.92. The first-order chi connectivity index (χ1) is 9.35. The van der Waals surface area contributed by atoms with Crippen molar-refractivity contribution in [3.05, 3.63) is 24.3 Å². The molecule has 0 saturated carbocycles. The fourth-order valence-corrected chi connectivity index (χ4v) is 2.83. The van der Waals surface area contributed by atoms with Gasteiger partial charge in [-0.15, -0.1) is 0 Å². The molecule has 1 aliphatic heterocycles. The number of amides is 1. The standard InChI is InChI=1S/C13H19N3O3S/c1-9-7-14-8-12(9)13(17)15-10-4-3-5-11(6-10)16-20(2,18)19/h3-6,9,12,14,16H,7-8H2,1-2H3,(H,15,17). The lowest BCUT2D eigenvalue weighted by Gasteiger charge is -2.14. The molecule has 1 aromatic rings. The molecule has 0 aliphatic carbocycles. The van der Waals surface area contributed by atoms with Crippen molar-refractivity contribution in [1.82, 2.24) is 5.32 Å². The minimum absolute atomic E-state index is 0.0426. The molecule has 1 saturated heterocycles. The second-order valence-electron chi connectivity index (χ2n) is 5.19. The molecule has 110 valence electrons. The largest absolute Gasteiger partial charge is 0.326 e. The van der Waals surface area contributed by atoms with Gasteiger partial charge in [-0.2, -0.15) is 0 Å². The van der Waals surface area contributed by atoms with Gasteiger partial charge in [0.25, 0.3) is 0 Å². The van der Waals surface area contributed by atoms with Gasteiger partial charge in [-0.3, -0.25) is 9.52 Å². The first kappa shape index (κ1) is 14.8. The third-order valence-electron chi connectivity index (χ3n) is 3.29. The van der Waals surface area contributed by atoms with Crippen LogP contribution in [0.5, 0.6) is 0 Å². The molecule has 2 rings (SSSR count). The van der Waals surface area contributed by atoms with Crippen LogP contribution in [0, 0.1) is 11.8 Å². The molecule has 1 fully saturated rings. The van der Waals surface area contributed by atoms with E-state index in [4.69, 9.17) is 0 Å². The molecule has 1 aliphatic rings. The summed E-state index contributed by atoms with van der Waals surface area (Å²) in [5, 5.41) is 6.01. The zero-order valence-electron chi connectivity index (χ0n) is 11.5. The van der Waals surface area contributed by atoms with Gasteiger partial charge in [-0.05, 0) is 30.7 Å². The Hall–Kier alpha value is -1.60. The monoisotopic (exact) mass is 297 g/mol. The third kappa shape index (κ3) is 3.94. The number of sulfonamides is 1. The van der Waals surface area contributed by atoms with Gasteiger partial charge in [0.1, 0.15) is 0 Å². The third-order valence-corrected chi connectivity index (χ3v) is 3.89. The van der Waals surface area contributed by atoms with E-state index < -0.39 is 10.0 Å². The minimum atomic E-state index is -3.32. The van der Waals surface area contributed by atoms with Crippen LogP contribution in [-0.2, 0) is 14.8 Å². The summed E-state index contributed by atoms with van der Waals surface area (Å²) in [5.41, 5.74) is 1.02. The molecule has 1 amide bonds. The summed E-state index contributed by atoms with van der Waals surface area (Å²) in [4.78, 5) is 12.1. The van der Waals surface area contributed by atoms with E-state index in [1.165, 1.54) is 0 Å². The zero-order chi connectivity index (χ0) is 14.8. The number of rotatable bonds is 4. The molecule has 2 atom stereocenters. The molecule has 0 aromatic heterocycles. The number of nitrogens with one attached hydrogen (secondary N) is 3. The maximum atomic E-state index is 12.1. The number of carbonyl (C=O) groups is 1. The smallest absolute Gasteiger partial charge is 0.229 e. The van der Waals surface area contributed by atoms with Crippen LogP contribution in [0.15, 0.2) is 24.3 Å². The molecule has 0 bridgehead atoms. The van der Waals surface area contributed by atoms with Crippen LogP contribution in [0.4, 0.5) is 11.4 Å². The highest BCUT2D eigenvalue weighted by Gasteiger charge is 2.29. The lowest BCUT2D eigenvalue weighted by Crippen LogP contribution is -2.27. The van der Waals surface area contributed by atoms with Gasteiger partial charge >= 0.3 is 0 Å². The maximum Gasteiger partial charge on any atom is 0.229 e. The summed E-state index contributed by atoms with van der Waals surface area (Å²) in [7, 11) is -3.32. The molecule has 1 aromatic carbocycles. The van der Waals surface area contributed by atoms with Crippen molar-refractivity contribution in [1.29, 1.82) is 0 Å². The molecular formula is C13H19N3O3S. The van der Waals surface area contributed by atoms with E-state index in [0.717, 1.165) is 12.8 Å². The number of benzene rings is 1. The molecule has 20 heavy (non-hydrogen) atoms. The van der Waals surface area contributed by atoms with Crippen LogP contribution < -0.4 is 15.4 Å². The predicted octanol–water partition coefficient (Wildman–Crippen LogP) is 0.852. The van der Waals surface area contributed by atoms with Crippen LogP contribution in [-0.4, -0.2) is 33.7 Å². The van der Waals surface area contributed by atoms with Crippen molar-refractivity contribution >= 4 is 27.3 Å². The Morgan fingerprint density at radius 1 is 1.30 bits per heavy atom. The fourth-order valence-electron chi connectivity index (χ4n) is 2.27. The number of hydrogen-bond acceptors (Lipinski definition) is 4. The average molecular weight is 297 g/mol. The van der Waals surface area contributed by atoms with Crippen LogP contribution >= 0.6 is 0 Å². The van der Waals surface area contributed by atoms with E-state index in [0.29, 0.717) is 23.8 Å². The highest BCUT2D eigenvalue weighted by Crippen LogP contribution is 2.20. The lowest BCUT2D eigenvalue weighted by atomic mass is 9.97. The van der Waals surface area contributed by atoms with Gasteiger partial charge in [-0.25, -0.2) is 8.42 Å². The predicted molar refractivity (Wildman–Crippen MR) is 79.1 cm³/mol. The molecule has 7 heteroatoms. The van der Waals surface area contributed by atoms with Gasteiger partial charge in [0.05, 0.1) is 17.9 Å². The van der Waals surface area contributed by atoms with Crippen LogP contribution in [0.3, 0.4) is 0 Å². The minimum Gasteiger partial charge on any atom is -0.326 e. The summed E-state index contributed by atoms with van der Waals surface area (Å²) in [6.07, 6.45) is 1.09. The van der Waals surface area contributed by atoms with Crippen LogP contribution in [0.25, 0.3) is 0 Å². The average Bonchev–Trinajstić information content (AvgIpc) is 2.73. The fraction of sp³-hybridized carbons (Fsp3) is 0.462. The molecule has 3 N–H and O–H groups in total. The summed E-state index contributed by atoms with van der Waals surface area (Å²) < 4.78 is 24.7. The Balaban J connectivity index is 2.06. The molecule has 1 heterocycles. The number of hydrogen-bond donors (Lipinski definition) is 3. The zero-order valence-corrected chi connectivity index (χ0v) is 12.3. The van der Waals surface area contributed by atoms with Gasteiger partial charge in [-0.1, -0.05) is 13.0 Å². The Labute approximate surface area is 119 Å². The first-order valence-corrected chi connectivity index (χ1v) is 8.34.